The summed E-state index contributed by atoms with van der Waals surface area (Å²) in [5.74, 6) is 1.04. The Balaban J connectivity index is 1.66. The first-order valence-corrected chi connectivity index (χ1v) is 9.03. The highest BCUT2D eigenvalue weighted by Gasteiger charge is 2.46. The molecule has 1 aliphatic rings. The monoisotopic (exact) mass is 390 g/mol. The summed E-state index contributed by atoms with van der Waals surface area (Å²) in [6.07, 6.45) is -5.07. The van der Waals surface area contributed by atoms with Gasteiger partial charge >= 0.3 is 5.24 Å². The molecular weight excluding hydrogens is 368 g/mol. The third-order valence-electron chi connectivity index (χ3n) is 4.23. The van der Waals surface area contributed by atoms with Crippen LogP contribution in [0.25, 0.3) is 0 Å². The summed E-state index contributed by atoms with van der Waals surface area (Å²) in [5, 5.41) is 20.7. The number of aliphatic hydroxyl groups is 2. The van der Waals surface area contributed by atoms with Gasteiger partial charge in [0.2, 0.25) is 6.29 Å². The summed E-state index contributed by atoms with van der Waals surface area (Å²) < 4.78 is 22.3. The molecule has 0 unspecified atom stereocenters. The fraction of sp³-hybridized carbons (Fsp3) is 0.350. The molecule has 0 saturated carbocycles. The summed E-state index contributed by atoms with van der Waals surface area (Å²) in [7, 11) is 0. The summed E-state index contributed by atoms with van der Waals surface area (Å²) in [5.41, 5.74) is 1.08. The molecule has 3 rings (SSSR count). The Bertz CT molecular complexity index is 751. The van der Waals surface area contributed by atoms with Gasteiger partial charge in [-0.25, -0.2) is 0 Å². The molecular formula is C20H22O6S. The van der Waals surface area contributed by atoms with Crippen LogP contribution in [0.4, 0.5) is 0 Å². The summed E-state index contributed by atoms with van der Waals surface area (Å²) in [6, 6.07) is 16.2. The Labute approximate surface area is 163 Å². The molecule has 0 spiro atoms. The summed E-state index contributed by atoms with van der Waals surface area (Å²) >= 11 is 5.11. The van der Waals surface area contributed by atoms with E-state index in [-0.39, 0.29) is 5.24 Å². The molecule has 2 N–H and O–H groups in total. The lowest BCUT2D eigenvalue weighted by molar-refractivity contribution is -0.266. The third kappa shape index (κ3) is 4.95. The summed E-state index contributed by atoms with van der Waals surface area (Å²) in [4.78, 5) is 0. The maximum absolute atomic E-state index is 10.6. The molecule has 144 valence electrons. The standard InChI is InChI=1S/C20H22O6S/c1-12-8-10-15(11-9-12)25-20(27)26-18-16(21)13(2)23-19(17(18)22)24-14-6-4-3-5-7-14/h3-11,13,16-19,21-22H,1-2H3/t13-,16-,17+,18+,19-/m0/s1. The first-order valence-electron chi connectivity index (χ1n) is 8.62. The van der Waals surface area contributed by atoms with Gasteiger partial charge in [-0.15, -0.1) is 0 Å². The molecule has 2 aromatic rings. The smallest absolute Gasteiger partial charge is 0.358 e. The van der Waals surface area contributed by atoms with Crippen molar-refractivity contribution in [1.82, 2.24) is 0 Å². The van der Waals surface area contributed by atoms with E-state index < -0.39 is 30.7 Å². The minimum atomic E-state index is -1.27. The van der Waals surface area contributed by atoms with Gasteiger partial charge < -0.3 is 29.2 Å². The zero-order valence-electron chi connectivity index (χ0n) is 15.0. The lowest BCUT2D eigenvalue weighted by Gasteiger charge is -2.40. The molecule has 1 heterocycles. The average molecular weight is 390 g/mol. The van der Waals surface area contributed by atoms with E-state index in [4.69, 9.17) is 31.2 Å². The fourth-order valence-electron chi connectivity index (χ4n) is 2.70. The van der Waals surface area contributed by atoms with Crippen LogP contribution in [0, 0.1) is 6.92 Å². The molecule has 0 bridgehead atoms. The number of para-hydroxylation sites is 1. The first kappa shape index (κ1) is 19.6. The molecule has 1 saturated heterocycles. The highest BCUT2D eigenvalue weighted by molar-refractivity contribution is 7.79. The van der Waals surface area contributed by atoms with Crippen LogP contribution in [0.3, 0.4) is 0 Å². The Morgan fingerprint density at radius 2 is 1.63 bits per heavy atom. The van der Waals surface area contributed by atoms with Crippen LogP contribution in [0.2, 0.25) is 0 Å². The molecule has 0 aromatic heterocycles. The van der Waals surface area contributed by atoms with Gasteiger partial charge in [0.25, 0.3) is 0 Å². The van der Waals surface area contributed by atoms with Crippen LogP contribution in [-0.2, 0) is 9.47 Å². The minimum Gasteiger partial charge on any atom is -0.462 e. The van der Waals surface area contributed by atoms with E-state index in [1.807, 2.05) is 25.1 Å². The number of hydrogen-bond donors (Lipinski definition) is 2. The van der Waals surface area contributed by atoms with E-state index in [0.717, 1.165) is 5.56 Å². The molecule has 0 amide bonds. The summed E-state index contributed by atoms with van der Waals surface area (Å²) in [6.45, 7) is 3.62. The van der Waals surface area contributed by atoms with Gasteiger partial charge in [-0.2, -0.15) is 0 Å². The van der Waals surface area contributed by atoms with E-state index in [9.17, 15) is 10.2 Å². The van der Waals surface area contributed by atoms with Crippen LogP contribution < -0.4 is 9.47 Å². The third-order valence-corrected chi connectivity index (χ3v) is 4.41. The highest BCUT2D eigenvalue weighted by atomic mass is 32.1. The average Bonchev–Trinajstić information content (AvgIpc) is 2.66. The second-order valence-electron chi connectivity index (χ2n) is 6.37. The van der Waals surface area contributed by atoms with Crippen molar-refractivity contribution >= 4 is 17.5 Å². The lowest BCUT2D eigenvalue weighted by atomic mass is 10.00. The van der Waals surface area contributed by atoms with Crippen molar-refractivity contribution in [2.24, 2.45) is 0 Å². The van der Waals surface area contributed by atoms with Crippen molar-refractivity contribution in [2.45, 2.75) is 44.6 Å². The molecule has 27 heavy (non-hydrogen) atoms. The predicted octanol–water partition coefficient (Wildman–Crippen LogP) is 2.59. The Hall–Kier alpha value is -2.19. The number of ether oxygens (including phenoxy) is 4. The van der Waals surface area contributed by atoms with Crippen LogP contribution in [-0.4, -0.2) is 46.2 Å². The second kappa shape index (κ2) is 8.67. The van der Waals surface area contributed by atoms with Crippen LogP contribution in [0.15, 0.2) is 54.6 Å². The van der Waals surface area contributed by atoms with E-state index in [2.05, 4.69) is 0 Å². The van der Waals surface area contributed by atoms with Crippen LogP contribution in [0.5, 0.6) is 11.5 Å². The van der Waals surface area contributed by atoms with Gasteiger partial charge in [0.15, 0.2) is 12.2 Å². The van der Waals surface area contributed by atoms with E-state index >= 15 is 0 Å². The number of hydrogen-bond acceptors (Lipinski definition) is 7. The lowest BCUT2D eigenvalue weighted by Crippen LogP contribution is -2.59. The zero-order chi connectivity index (χ0) is 19.4. The maximum Gasteiger partial charge on any atom is 0.358 e. The zero-order valence-corrected chi connectivity index (χ0v) is 15.8. The number of rotatable bonds is 4. The van der Waals surface area contributed by atoms with Gasteiger partial charge in [0, 0.05) is 12.2 Å². The SMILES string of the molecule is Cc1ccc(OC(=S)O[C@@H]2[C@@H](O)[C@H](C)O[C@@H](Oc3ccccc3)[C@@H]2O)cc1. The van der Waals surface area contributed by atoms with Gasteiger partial charge in [0.05, 0.1) is 6.10 Å². The largest absolute Gasteiger partial charge is 0.462 e. The van der Waals surface area contributed by atoms with Crippen molar-refractivity contribution in [3.63, 3.8) is 0 Å². The first-order chi connectivity index (χ1) is 12.9. The van der Waals surface area contributed by atoms with Crippen molar-refractivity contribution in [2.75, 3.05) is 0 Å². The molecule has 1 fully saturated rings. The number of aryl methyl sites for hydroxylation is 1. The molecule has 7 heteroatoms. The topological polar surface area (TPSA) is 77.4 Å². The number of thiocarbonyl (C=S) groups is 1. The van der Waals surface area contributed by atoms with Crippen molar-refractivity contribution in [1.29, 1.82) is 0 Å². The quantitative estimate of drug-likeness (QED) is 0.777. The van der Waals surface area contributed by atoms with Gasteiger partial charge in [-0.3, -0.25) is 0 Å². The number of aliphatic hydroxyl groups excluding tert-OH is 2. The minimum absolute atomic E-state index is 0.200. The molecule has 5 atom stereocenters. The van der Waals surface area contributed by atoms with Crippen molar-refractivity contribution in [3.8, 4) is 11.5 Å². The van der Waals surface area contributed by atoms with Crippen LogP contribution in [0.1, 0.15) is 12.5 Å². The second-order valence-corrected chi connectivity index (χ2v) is 6.70. The predicted molar refractivity (Wildman–Crippen MR) is 103 cm³/mol. The van der Waals surface area contributed by atoms with Crippen LogP contribution >= 0.6 is 12.2 Å². The molecule has 6 nitrogen and oxygen atoms in total. The normalized spacial score (nSPS) is 27.6. The van der Waals surface area contributed by atoms with E-state index in [1.54, 1.807) is 43.3 Å². The van der Waals surface area contributed by atoms with Gasteiger partial charge in [0.1, 0.15) is 17.6 Å². The Morgan fingerprint density at radius 3 is 2.30 bits per heavy atom. The molecule has 0 radical (unpaired) electrons. The van der Waals surface area contributed by atoms with E-state index in [0.29, 0.717) is 11.5 Å². The Kier molecular flexibility index (Phi) is 6.28. The van der Waals surface area contributed by atoms with Gasteiger partial charge in [-0.1, -0.05) is 35.9 Å². The Morgan fingerprint density at radius 1 is 0.963 bits per heavy atom. The van der Waals surface area contributed by atoms with E-state index in [1.165, 1.54) is 0 Å². The number of benzene rings is 2. The molecule has 0 aliphatic carbocycles. The molecule has 1 aliphatic heterocycles. The highest BCUT2D eigenvalue weighted by Crippen LogP contribution is 2.26. The maximum atomic E-state index is 10.6. The van der Waals surface area contributed by atoms with Gasteiger partial charge in [-0.05, 0) is 38.1 Å². The fourth-order valence-corrected chi connectivity index (χ4v) is 2.91. The van der Waals surface area contributed by atoms with Crippen molar-refractivity contribution in [3.05, 3.63) is 60.2 Å². The molecule has 2 aromatic carbocycles. The van der Waals surface area contributed by atoms with Crippen molar-refractivity contribution < 1.29 is 29.2 Å².